The van der Waals surface area contributed by atoms with Crippen LogP contribution in [0.1, 0.15) is 90.9 Å². The number of unbranched alkanes of at least 4 members (excludes halogenated alkanes) is 9. The van der Waals surface area contributed by atoms with Crippen molar-refractivity contribution in [1.29, 1.82) is 0 Å². The van der Waals surface area contributed by atoms with E-state index in [1.165, 1.54) is 6.42 Å². The summed E-state index contributed by atoms with van der Waals surface area (Å²) in [6, 6.07) is 22.3. The summed E-state index contributed by atoms with van der Waals surface area (Å²) in [6.07, 6.45) is 11.6. The molecule has 1 aromatic heterocycles. The lowest BCUT2D eigenvalue weighted by molar-refractivity contribution is -0.139. The number of esters is 1. The van der Waals surface area contributed by atoms with E-state index in [1.807, 2.05) is 60.7 Å². The SMILES string of the molecule is C=C(C)C(=O)OCCCCCCCCCC(O)COc1ccccc1-c1nc(-c2ccccc2)nc(-c2ccc(OCCCCCC)cc2O)n1. The standard InChI is InChI=1S/C42H53N3O6/c1-4-5-6-18-27-49-34-25-26-35(37(47)29-34)40-43-39(32-20-13-12-14-21-32)44-41(45-40)36-23-16-17-24-38(36)51-30-33(46)22-15-10-8-7-9-11-19-28-50-42(48)31(2)3/h12-14,16-17,20-21,23-26,29,33,46-47H,2,4-11,15,18-19,22,27-28,30H2,1,3H3. The molecule has 4 aromatic rings. The van der Waals surface area contributed by atoms with Crippen LogP contribution in [0.15, 0.2) is 84.9 Å². The Morgan fingerprint density at radius 1 is 0.725 bits per heavy atom. The van der Waals surface area contributed by atoms with Gasteiger partial charge in [-0.1, -0.05) is 114 Å². The molecule has 9 heteroatoms. The van der Waals surface area contributed by atoms with Gasteiger partial charge in [0.2, 0.25) is 0 Å². The number of rotatable bonds is 23. The van der Waals surface area contributed by atoms with Crippen LogP contribution in [-0.4, -0.2) is 57.1 Å². The number of carbonyl (C=O) groups is 1. The molecule has 51 heavy (non-hydrogen) atoms. The number of ether oxygens (including phenoxy) is 3. The lowest BCUT2D eigenvalue weighted by Gasteiger charge is -2.15. The number of aromatic nitrogens is 3. The summed E-state index contributed by atoms with van der Waals surface area (Å²) in [5.41, 5.74) is 2.37. The molecule has 0 amide bonds. The molecule has 2 N–H and O–H groups in total. The Labute approximate surface area is 302 Å². The quantitative estimate of drug-likeness (QED) is 0.0444. The molecular weight excluding hydrogens is 642 g/mol. The molecule has 0 aliphatic carbocycles. The van der Waals surface area contributed by atoms with Crippen molar-refractivity contribution in [3.63, 3.8) is 0 Å². The highest BCUT2D eigenvalue weighted by atomic mass is 16.5. The molecule has 1 heterocycles. The van der Waals surface area contributed by atoms with Gasteiger partial charge in [0.05, 0.1) is 30.4 Å². The Hall–Kier alpha value is -4.76. The van der Waals surface area contributed by atoms with Crippen LogP contribution in [0.3, 0.4) is 0 Å². The first-order valence-electron chi connectivity index (χ1n) is 18.4. The lowest BCUT2D eigenvalue weighted by Crippen LogP contribution is -2.17. The number of nitrogens with zero attached hydrogens (tertiary/aromatic N) is 3. The number of aliphatic hydroxyl groups excluding tert-OH is 1. The largest absolute Gasteiger partial charge is 0.507 e. The number of aliphatic hydroxyl groups is 1. The average molecular weight is 696 g/mol. The molecule has 1 atom stereocenters. The summed E-state index contributed by atoms with van der Waals surface area (Å²) in [6.45, 7) is 8.60. The summed E-state index contributed by atoms with van der Waals surface area (Å²) in [7, 11) is 0. The summed E-state index contributed by atoms with van der Waals surface area (Å²) < 4.78 is 17.2. The molecule has 4 rings (SSSR count). The van der Waals surface area contributed by atoms with Crippen LogP contribution in [0, 0.1) is 0 Å². The molecule has 0 radical (unpaired) electrons. The summed E-state index contributed by atoms with van der Waals surface area (Å²) in [4.78, 5) is 25.8. The molecular formula is C42H53N3O6. The summed E-state index contributed by atoms with van der Waals surface area (Å²) >= 11 is 0. The Balaban J connectivity index is 1.36. The third-order valence-electron chi connectivity index (χ3n) is 8.47. The van der Waals surface area contributed by atoms with E-state index in [0.717, 1.165) is 69.8 Å². The molecule has 272 valence electrons. The van der Waals surface area contributed by atoms with Gasteiger partial charge in [-0.25, -0.2) is 19.7 Å². The van der Waals surface area contributed by atoms with Gasteiger partial charge in [-0.15, -0.1) is 0 Å². The fourth-order valence-electron chi connectivity index (χ4n) is 5.54. The summed E-state index contributed by atoms with van der Waals surface area (Å²) in [5.74, 6) is 2.03. The van der Waals surface area contributed by atoms with Gasteiger partial charge in [0.25, 0.3) is 0 Å². The maximum atomic E-state index is 11.4. The molecule has 0 saturated heterocycles. The third-order valence-corrected chi connectivity index (χ3v) is 8.47. The van der Waals surface area contributed by atoms with Crippen LogP contribution >= 0.6 is 0 Å². The van der Waals surface area contributed by atoms with Crippen molar-refractivity contribution in [2.24, 2.45) is 0 Å². The van der Waals surface area contributed by atoms with Crippen molar-refractivity contribution in [2.75, 3.05) is 19.8 Å². The second-order valence-corrected chi connectivity index (χ2v) is 12.9. The predicted molar refractivity (Wildman–Crippen MR) is 202 cm³/mol. The summed E-state index contributed by atoms with van der Waals surface area (Å²) in [5, 5.41) is 21.8. The zero-order valence-corrected chi connectivity index (χ0v) is 30.2. The lowest BCUT2D eigenvalue weighted by atomic mass is 10.1. The smallest absolute Gasteiger partial charge is 0.333 e. The monoisotopic (exact) mass is 695 g/mol. The topological polar surface area (TPSA) is 124 Å². The number of hydrogen-bond acceptors (Lipinski definition) is 9. The maximum Gasteiger partial charge on any atom is 0.333 e. The van der Waals surface area contributed by atoms with Crippen molar-refractivity contribution in [3.8, 4) is 51.4 Å². The number of phenols is 1. The van der Waals surface area contributed by atoms with E-state index in [0.29, 0.717) is 65.3 Å². The first-order valence-corrected chi connectivity index (χ1v) is 18.4. The van der Waals surface area contributed by atoms with Gasteiger partial charge in [0.1, 0.15) is 23.9 Å². The molecule has 9 nitrogen and oxygen atoms in total. The second kappa shape index (κ2) is 21.5. The van der Waals surface area contributed by atoms with E-state index in [2.05, 4.69) is 13.5 Å². The fraction of sp³-hybridized carbons (Fsp3) is 0.429. The first kappa shape index (κ1) is 39.0. The van der Waals surface area contributed by atoms with Crippen molar-refractivity contribution < 1.29 is 29.2 Å². The van der Waals surface area contributed by atoms with Crippen molar-refractivity contribution in [1.82, 2.24) is 15.0 Å². The highest BCUT2D eigenvalue weighted by molar-refractivity contribution is 5.86. The molecule has 0 aliphatic rings. The Kier molecular flexibility index (Phi) is 16.4. The van der Waals surface area contributed by atoms with Crippen LogP contribution in [0.5, 0.6) is 17.2 Å². The molecule has 0 aliphatic heterocycles. The third kappa shape index (κ3) is 13.1. The molecule has 0 saturated carbocycles. The molecule has 0 fully saturated rings. The van der Waals surface area contributed by atoms with Gasteiger partial charge >= 0.3 is 5.97 Å². The zero-order valence-electron chi connectivity index (χ0n) is 30.2. The Morgan fingerprint density at radius 2 is 1.35 bits per heavy atom. The molecule has 0 bridgehead atoms. The van der Waals surface area contributed by atoms with Crippen LogP contribution in [-0.2, 0) is 9.53 Å². The van der Waals surface area contributed by atoms with Gasteiger partial charge in [-0.05, 0) is 50.5 Å². The first-order chi connectivity index (χ1) is 24.9. The maximum absolute atomic E-state index is 11.4. The fourth-order valence-corrected chi connectivity index (χ4v) is 5.54. The molecule has 0 spiro atoms. The van der Waals surface area contributed by atoms with Crippen LogP contribution in [0.4, 0.5) is 0 Å². The van der Waals surface area contributed by atoms with Gasteiger partial charge in [0.15, 0.2) is 17.5 Å². The van der Waals surface area contributed by atoms with Gasteiger partial charge in [-0.3, -0.25) is 0 Å². The molecule has 1 unspecified atom stereocenters. The van der Waals surface area contributed by atoms with Crippen molar-refractivity contribution in [3.05, 3.63) is 84.9 Å². The highest BCUT2D eigenvalue weighted by Gasteiger charge is 2.18. The minimum atomic E-state index is -0.612. The minimum absolute atomic E-state index is 0.0199. The van der Waals surface area contributed by atoms with E-state index in [1.54, 1.807) is 19.1 Å². The Bertz CT molecular complexity index is 1660. The molecule has 3 aromatic carbocycles. The van der Waals surface area contributed by atoms with Gasteiger partial charge < -0.3 is 24.4 Å². The zero-order chi connectivity index (χ0) is 36.3. The van der Waals surface area contributed by atoms with Crippen LogP contribution < -0.4 is 9.47 Å². The Morgan fingerprint density at radius 3 is 2.08 bits per heavy atom. The number of phenolic OH excluding ortho intramolecular Hbond substituents is 1. The number of benzene rings is 3. The highest BCUT2D eigenvalue weighted by Crippen LogP contribution is 2.35. The van der Waals surface area contributed by atoms with Crippen molar-refractivity contribution in [2.45, 2.75) is 97.0 Å². The van der Waals surface area contributed by atoms with E-state index in [-0.39, 0.29) is 18.3 Å². The number of para-hydroxylation sites is 1. The van der Waals surface area contributed by atoms with Gasteiger partial charge in [-0.2, -0.15) is 0 Å². The number of hydrogen-bond donors (Lipinski definition) is 2. The van der Waals surface area contributed by atoms with E-state index in [4.69, 9.17) is 29.2 Å². The van der Waals surface area contributed by atoms with E-state index >= 15 is 0 Å². The normalized spacial score (nSPS) is 11.6. The van der Waals surface area contributed by atoms with Crippen LogP contribution in [0.25, 0.3) is 34.2 Å². The number of carbonyl (C=O) groups excluding carboxylic acids is 1. The van der Waals surface area contributed by atoms with E-state index in [9.17, 15) is 15.0 Å². The van der Waals surface area contributed by atoms with Crippen LogP contribution in [0.2, 0.25) is 0 Å². The predicted octanol–water partition coefficient (Wildman–Crippen LogP) is 9.52. The number of aromatic hydroxyl groups is 1. The van der Waals surface area contributed by atoms with Crippen molar-refractivity contribution >= 4 is 5.97 Å². The minimum Gasteiger partial charge on any atom is -0.507 e. The second-order valence-electron chi connectivity index (χ2n) is 12.9. The van der Waals surface area contributed by atoms with E-state index < -0.39 is 6.10 Å². The average Bonchev–Trinajstić information content (AvgIpc) is 3.14. The van der Waals surface area contributed by atoms with Gasteiger partial charge in [0, 0.05) is 17.2 Å².